The third-order valence-corrected chi connectivity index (χ3v) is 10.8. The molecule has 260 valence electrons. The minimum Gasteiger partial charge on any atom is -0.478 e. The highest BCUT2D eigenvalue weighted by molar-refractivity contribution is 5.92. The van der Waals surface area contributed by atoms with Gasteiger partial charge in [-0.15, -0.1) is 0 Å². The zero-order chi connectivity index (χ0) is 36.8. The van der Waals surface area contributed by atoms with Gasteiger partial charge in [0.15, 0.2) is 0 Å². The first kappa shape index (κ1) is 33.0. The zero-order valence-electron chi connectivity index (χ0n) is 30.1. The Labute approximate surface area is 315 Å². The molecule has 0 radical (unpaired) electrons. The molecule has 0 heterocycles. The van der Waals surface area contributed by atoms with Crippen LogP contribution in [0.25, 0.3) is 33.0 Å². The van der Waals surface area contributed by atoms with Crippen molar-refractivity contribution in [3.8, 4) is 22.3 Å². The SMILES string of the molecule is CC1(C)c2cc(N(c3ccccc3)c3ccccc3)ccc2-c2ccc(N(c3ccc(-c4ccc(C(=O)O)cc4)cc3)c3ccc4ccccc4c3)cc21. The average Bonchev–Trinajstić information content (AvgIpc) is 3.44. The van der Waals surface area contributed by atoms with E-state index in [1.54, 1.807) is 12.1 Å². The molecule has 4 nitrogen and oxygen atoms in total. The number of aromatic carboxylic acids is 1. The molecule has 0 aromatic heterocycles. The van der Waals surface area contributed by atoms with Crippen LogP contribution in [0.15, 0.2) is 188 Å². The van der Waals surface area contributed by atoms with Crippen molar-refractivity contribution in [2.75, 3.05) is 9.80 Å². The lowest BCUT2D eigenvalue weighted by atomic mass is 9.82. The second-order valence-electron chi connectivity index (χ2n) is 14.4. The molecule has 0 fully saturated rings. The van der Waals surface area contributed by atoms with E-state index in [1.165, 1.54) is 33.0 Å². The summed E-state index contributed by atoms with van der Waals surface area (Å²) in [6, 6.07) is 65.6. The first-order valence-corrected chi connectivity index (χ1v) is 18.3. The summed E-state index contributed by atoms with van der Waals surface area (Å²) in [7, 11) is 0. The van der Waals surface area contributed by atoms with Crippen molar-refractivity contribution in [1.29, 1.82) is 0 Å². The number of fused-ring (bicyclic) bond motifs is 4. The summed E-state index contributed by atoms with van der Waals surface area (Å²) in [6.45, 7) is 4.68. The molecule has 0 saturated heterocycles. The Morgan fingerprint density at radius 2 is 0.833 bits per heavy atom. The van der Waals surface area contributed by atoms with Crippen LogP contribution in [0.3, 0.4) is 0 Å². The fraction of sp³-hybridized carbons (Fsp3) is 0.0600. The molecular weight excluding hydrogens is 661 g/mol. The normalized spacial score (nSPS) is 12.6. The molecule has 0 amide bonds. The number of hydrogen-bond acceptors (Lipinski definition) is 3. The first-order chi connectivity index (χ1) is 26.3. The summed E-state index contributed by atoms with van der Waals surface area (Å²) in [5.41, 5.74) is 13.7. The van der Waals surface area contributed by atoms with Gasteiger partial charge in [0, 0.05) is 39.5 Å². The highest BCUT2D eigenvalue weighted by Gasteiger charge is 2.37. The molecule has 1 aliphatic carbocycles. The van der Waals surface area contributed by atoms with E-state index < -0.39 is 5.97 Å². The number of carboxylic acid groups (broad SMARTS) is 1. The Morgan fingerprint density at radius 1 is 0.426 bits per heavy atom. The molecule has 0 aliphatic heterocycles. The third-order valence-electron chi connectivity index (χ3n) is 10.8. The van der Waals surface area contributed by atoms with Crippen molar-refractivity contribution >= 4 is 50.9 Å². The van der Waals surface area contributed by atoms with Crippen LogP contribution >= 0.6 is 0 Å². The summed E-state index contributed by atoms with van der Waals surface area (Å²) in [5, 5.41) is 11.8. The van der Waals surface area contributed by atoms with Gasteiger partial charge < -0.3 is 14.9 Å². The first-order valence-electron chi connectivity index (χ1n) is 18.3. The second kappa shape index (κ2) is 13.3. The van der Waals surface area contributed by atoms with E-state index in [0.717, 1.165) is 45.3 Å². The maximum absolute atomic E-state index is 11.4. The number of anilines is 6. The van der Waals surface area contributed by atoms with Crippen molar-refractivity contribution in [1.82, 2.24) is 0 Å². The molecule has 8 aromatic carbocycles. The lowest BCUT2D eigenvalue weighted by molar-refractivity contribution is 0.0697. The minimum atomic E-state index is -0.926. The van der Waals surface area contributed by atoms with Gasteiger partial charge in [0.1, 0.15) is 0 Å². The van der Waals surface area contributed by atoms with E-state index >= 15 is 0 Å². The number of carbonyl (C=O) groups is 1. The summed E-state index contributed by atoms with van der Waals surface area (Å²) in [5.74, 6) is -0.926. The van der Waals surface area contributed by atoms with Crippen LogP contribution in [0.1, 0.15) is 35.3 Å². The largest absolute Gasteiger partial charge is 0.478 e. The standard InChI is InChI=1S/C50H38N2O2/c1-50(2)47-32-43(51(39-13-5-3-6-14-39)40-15-7-4-8-16-40)27-29-45(47)46-30-28-44(33-48(46)50)52(42-26-23-34-11-9-10-12-38(34)31-42)41-24-21-36(22-25-41)35-17-19-37(20-18-35)49(53)54/h3-33H,1-2H3,(H,53,54). The van der Waals surface area contributed by atoms with Crippen LogP contribution in [0.4, 0.5) is 34.1 Å². The Kier molecular flexibility index (Phi) is 8.09. The monoisotopic (exact) mass is 698 g/mol. The molecule has 0 bridgehead atoms. The van der Waals surface area contributed by atoms with E-state index in [4.69, 9.17) is 0 Å². The average molecular weight is 699 g/mol. The number of benzene rings is 8. The Morgan fingerprint density at radius 3 is 1.37 bits per heavy atom. The van der Waals surface area contributed by atoms with Crippen LogP contribution < -0.4 is 9.80 Å². The quantitative estimate of drug-likeness (QED) is 0.172. The maximum atomic E-state index is 11.4. The van der Waals surface area contributed by atoms with Crippen molar-refractivity contribution in [3.63, 3.8) is 0 Å². The van der Waals surface area contributed by atoms with E-state index in [9.17, 15) is 9.90 Å². The molecule has 8 aromatic rings. The van der Waals surface area contributed by atoms with Gasteiger partial charge in [0.2, 0.25) is 0 Å². The van der Waals surface area contributed by atoms with Gasteiger partial charge >= 0.3 is 5.97 Å². The fourth-order valence-corrected chi connectivity index (χ4v) is 7.96. The molecule has 9 rings (SSSR count). The van der Waals surface area contributed by atoms with Crippen LogP contribution in [-0.4, -0.2) is 11.1 Å². The van der Waals surface area contributed by atoms with E-state index in [1.807, 2.05) is 12.1 Å². The number of para-hydroxylation sites is 2. The lowest BCUT2D eigenvalue weighted by Gasteiger charge is -2.29. The van der Waals surface area contributed by atoms with Crippen molar-refractivity contribution in [3.05, 3.63) is 205 Å². The number of carboxylic acids is 1. The molecule has 0 atom stereocenters. The van der Waals surface area contributed by atoms with Gasteiger partial charge in [-0.05, 0) is 129 Å². The lowest BCUT2D eigenvalue weighted by Crippen LogP contribution is -2.17. The number of rotatable bonds is 8. The van der Waals surface area contributed by atoms with Gasteiger partial charge in [-0.1, -0.05) is 117 Å². The summed E-state index contributed by atoms with van der Waals surface area (Å²) >= 11 is 0. The molecule has 0 saturated carbocycles. The van der Waals surface area contributed by atoms with E-state index in [2.05, 4.69) is 187 Å². The van der Waals surface area contributed by atoms with Crippen molar-refractivity contribution < 1.29 is 9.90 Å². The molecule has 0 spiro atoms. The second-order valence-corrected chi connectivity index (χ2v) is 14.4. The topological polar surface area (TPSA) is 43.8 Å². The van der Waals surface area contributed by atoms with Crippen LogP contribution in [0.2, 0.25) is 0 Å². The van der Waals surface area contributed by atoms with Crippen molar-refractivity contribution in [2.24, 2.45) is 0 Å². The highest BCUT2D eigenvalue weighted by Crippen LogP contribution is 2.52. The number of hydrogen-bond donors (Lipinski definition) is 1. The maximum Gasteiger partial charge on any atom is 0.335 e. The van der Waals surface area contributed by atoms with E-state index in [0.29, 0.717) is 0 Å². The van der Waals surface area contributed by atoms with Crippen LogP contribution in [0.5, 0.6) is 0 Å². The van der Waals surface area contributed by atoms with Gasteiger partial charge in [-0.3, -0.25) is 0 Å². The van der Waals surface area contributed by atoms with Gasteiger partial charge in [0.05, 0.1) is 5.56 Å². The fourth-order valence-electron chi connectivity index (χ4n) is 7.96. The van der Waals surface area contributed by atoms with Crippen LogP contribution in [-0.2, 0) is 5.41 Å². The molecule has 4 heteroatoms. The van der Waals surface area contributed by atoms with E-state index in [-0.39, 0.29) is 11.0 Å². The number of nitrogens with zero attached hydrogens (tertiary/aromatic N) is 2. The summed E-state index contributed by atoms with van der Waals surface area (Å²) in [6.07, 6.45) is 0. The smallest absolute Gasteiger partial charge is 0.335 e. The van der Waals surface area contributed by atoms with Gasteiger partial charge in [0.25, 0.3) is 0 Å². The minimum absolute atomic E-state index is 0.253. The van der Waals surface area contributed by atoms with Gasteiger partial charge in [-0.2, -0.15) is 0 Å². The van der Waals surface area contributed by atoms with Crippen molar-refractivity contribution in [2.45, 2.75) is 19.3 Å². The summed E-state index contributed by atoms with van der Waals surface area (Å²) < 4.78 is 0. The predicted octanol–water partition coefficient (Wildman–Crippen LogP) is 13.5. The molecule has 1 aliphatic rings. The molecular formula is C50H38N2O2. The summed E-state index contributed by atoms with van der Waals surface area (Å²) in [4.78, 5) is 16.1. The predicted molar refractivity (Wildman–Crippen MR) is 223 cm³/mol. The third kappa shape index (κ3) is 5.79. The molecule has 54 heavy (non-hydrogen) atoms. The zero-order valence-corrected chi connectivity index (χ0v) is 30.1. The Bertz CT molecular complexity index is 2610. The molecule has 0 unspecified atom stereocenters. The van der Waals surface area contributed by atoms with Crippen LogP contribution in [0, 0.1) is 0 Å². The molecule has 1 N–H and O–H groups in total. The van der Waals surface area contributed by atoms with Gasteiger partial charge in [-0.25, -0.2) is 4.79 Å². The Hall–Kier alpha value is -6.91. The Balaban J connectivity index is 1.13. The highest BCUT2D eigenvalue weighted by atomic mass is 16.4.